The normalized spacial score (nSPS) is 32.7. The molecule has 3 N–H and O–H groups in total. The largest absolute Gasteiger partial charge is 0.453 e. The van der Waals surface area contributed by atoms with Crippen LogP contribution >= 0.6 is 0 Å². The SMILES string of the molecule is COC[C@H]1O[C@@H](O)[C@H](O)[C@@H](OC(=O)c2ccccc2)[C@@H]1O. The minimum atomic E-state index is -1.57. The lowest BCUT2D eigenvalue weighted by molar-refractivity contribution is -0.286. The van der Waals surface area contributed by atoms with Crippen molar-refractivity contribution in [1.29, 1.82) is 0 Å². The van der Waals surface area contributed by atoms with Crippen LogP contribution in [0.5, 0.6) is 0 Å². The van der Waals surface area contributed by atoms with Gasteiger partial charge in [0, 0.05) is 7.11 Å². The smallest absolute Gasteiger partial charge is 0.338 e. The molecular formula is C14H18O7. The summed E-state index contributed by atoms with van der Waals surface area (Å²) in [5.41, 5.74) is 0.279. The number of methoxy groups -OCH3 is 1. The van der Waals surface area contributed by atoms with E-state index in [9.17, 15) is 20.1 Å². The number of carbonyl (C=O) groups excluding carboxylic acids is 1. The summed E-state index contributed by atoms with van der Waals surface area (Å²) < 4.78 is 15.0. The molecule has 1 fully saturated rings. The van der Waals surface area contributed by atoms with Crippen LogP contribution in [0.3, 0.4) is 0 Å². The van der Waals surface area contributed by atoms with E-state index >= 15 is 0 Å². The molecule has 21 heavy (non-hydrogen) atoms. The van der Waals surface area contributed by atoms with Crippen LogP contribution in [-0.4, -0.2) is 65.7 Å². The molecule has 0 saturated carbocycles. The maximum Gasteiger partial charge on any atom is 0.338 e. The Kier molecular flexibility index (Phi) is 5.27. The highest BCUT2D eigenvalue weighted by molar-refractivity contribution is 5.89. The van der Waals surface area contributed by atoms with Gasteiger partial charge < -0.3 is 29.5 Å². The van der Waals surface area contributed by atoms with E-state index in [0.717, 1.165) is 0 Å². The van der Waals surface area contributed by atoms with Crippen LogP contribution in [-0.2, 0) is 14.2 Å². The van der Waals surface area contributed by atoms with Crippen molar-refractivity contribution >= 4 is 5.97 Å². The summed E-state index contributed by atoms with van der Waals surface area (Å²) in [6.45, 7) is -0.00959. The maximum absolute atomic E-state index is 12.0. The van der Waals surface area contributed by atoms with Crippen molar-refractivity contribution in [2.24, 2.45) is 0 Å². The third-order valence-electron chi connectivity index (χ3n) is 3.24. The quantitative estimate of drug-likeness (QED) is 0.631. The molecule has 1 aliphatic rings. The molecule has 2 rings (SSSR count). The first-order chi connectivity index (χ1) is 10.0. The van der Waals surface area contributed by atoms with E-state index in [-0.39, 0.29) is 12.2 Å². The van der Waals surface area contributed by atoms with Gasteiger partial charge in [0.2, 0.25) is 0 Å². The van der Waals surface area contributed by atoms with Gasteiger partial charge in [-0.1, -0.05) is 18.2 Å². The number of rotatable bonds is 4. The number of benzene rings is 1. The molecule has 5 atom stereocenters. The molecule has 0 amide bonds. The fourth-order valence-corrected chi connectivity index (χ4v) is 2.12. The second-order valence-corrected chi connectivity index (χ2v) is 4.74. The maximum atomic E-state index is 12.0. The van der Waals surface area contributed by atoms with Crippen LogP contribution in [0.4, 0.5) is 0 Å². The Balaban J connectivity index is 2.10. The van der Waals surface area contributed by atoms with Gasteiger partial charge in [-0.15, -0.1) is 0 Å². The number of aliphatic hydroxyl groups excluding tert-OH is 3. The zero-order chi connectivity index (χ0) is 15.4. The first-order valence-corrected chi connectivity index (χ1v) is 6.49. The highest BCUT2D eigenvalue weighted by Gasteiger charge is 2.46. The van der Waals surface area contributed by atoms with Gasteiger partial charge in [-0.05, 0) is 12.1 Å². The van der Waals surface area contributed by atoms with Gasteiger partial charge in [-0.2, -0.15) is 0 Å². The van der Waals surface area contributed by atoms with Gasteiger partial charge in [-0.3, -0.25) is 0 Å². The predicted molar refractivity (Wildman–Crippen MR) is 70.4 cm³/mol. The average Bonchev–Trinajstić information content (AvgIpc) is 2.50. The molecule has 1 aromatic rings. The Hall–Kier alpha value is -1.51. The zero-order valence-electron chi connectivity index (χ0n) is 11.5. The Bertz CT molecular complexity index is 464. The molecule has 1 aliphatic heterocycles. The zero-order valence-corrected chi connectivity index (χ0v) is 11.5. The lowest BCUT2D eigenvalue weighted by Gasteiger charge is -2.39. The van der Waals surface area contributed by atoms with Crippen molar-refractivity contribution in [2.45, 2.75) is 30.7 Å². The highest BCUT2D eigenvalue weighted by Crippen LogP contribution is 2.23. The molecule has 1 heterocycles. The van der Waals surface area contributed by atoms with Crippen LogP contribution in [0.1, 0.15) is 10.4 Å². The number of esters is 1. The summed E-state index contributed by atoms with van der Waals surface area (Å²) >= 11 is 0. The molecule has 7 nitrogen and oxygen atoms in total. The monoisotopic (exact) mass is 298 g/mol. The van der Waals surface area contributed by atoms with Crippen molar-refractivity contribution in [1.82, 2.24) is 0 Å². The van der Waals surface area contributed by atoms with Gasteiger partial charge in [-0.25, -0.2) is 4.79 Å². The molecule has 1 aromatic carbocycles. The lowest BCUT2D eigenvalue weighted by Crippen LogP contribution is -2.60. The molecular weight excluding hydrogens is 280 g/mol. The molecule has 7 heteroatoms. The fourth-order valence-electron chi connectivity index (χ4n) is 2.12. The minimum Gasteiger partial charge on any atom is -0.453 e. The number of carbonyl (C=O) groups is 1. The Morgan fingerprint density at radius 1 is 1.19 bits per heavy atom. The molecule has 0 unspecified atom stereocenters. The lowest BCUT2D eigenvalue weighted by atomic mass is 9.99. The summed E-state index contributed by atoms with van der Waals surface area (Å²) in [6, 6.07) is 8.16. The molecule has 0 radical (unpaired) electrons. The Labute approximate surface area is 121 Å². The number of aliphatic hydroxyl groups is 3. The van der Waals surface area contributed by atoms with E-state index < -0.39 is 36.7 Å². The molecule has 1 saturated heterocycles. The fraction of sp³-hybridized carbons (Fsp3) is 0.500. The third-order valence-corrected chi connectivity index (χ3v) is 3.24. The highest BCUT2D eigenvalue weighted by atomic mass is 16.7. The molecule has 0 aliphatic carbocycles. The van der Waals surface area contributed by atoms with E-state index in [0.29, 0.717) is 0 Å². The van der Waals surface area contributed by atoms with Crippen molar-refractivity contribution in [3.05, 3.63) is 35.9 Å². The van der Waals surface area contributed by atoms with Gasteiger partial charge in [0.25, 0.3) is 0 Å². The summed E-state index contributed by atoms with van der Waals surface area (Å²) in [5, 5.41) is 29.5. The van der Waals surface area contributed by atoms with Crippen molar-refractivity contribution in [3.63, 3.8) is 0 Å². The van der Waals surface area contributed by atoms with Crippen molar-refractivity contribution in [3.8, 4) is 0 Å². The van der Waals surface area contributed by atoms with Crippen LogP contribution in [0.2, 0.25) is 0 Å². The van der Waals surface area contributed by atoms with Crippen LogP contribution in [0.25, 0.3) is 0 Å². The van der Waals surface area contributed by atoms with Crippen molar-refractivity contribution in [2.75, 3.05) is 13.7 Å². The van der Waals surface area contributed by atoms with Crippen LogP contribution < -0.4 is 0 Å². The molecule has 0 bridgehead atoms. The summed E-state index contributed by atoms with van der Waals surface area (Å²) in [5.74, 6) is -0.705. The topological polar surface area (TPSA) is 105 Å². The van der Waals surface area contributed by atoms with Gasteiger partial charge in [0.05, 0.1) is 12.2 Å². The average molecular weight is 298 g/mol. The second kappa shape index (κ2) is 6.97. The standard InChI is InChI=1S/C14H18O7/c1-19-7-9-10(15)12(11(16)14(18)20-9)21-13(17)8-5-3-2-4-6-8/h2-6,9-12,14-16,18H,7H2,1H3/t9-,10-,11-,12+,14-/m1/s1. The van der Waals surface area contributed by atoms with Crippen LogP contribution in [0, 0.1) is 0 Å². The summed E-state index contributed by atoms with van der Waals surface area (Å²) in [6.07, 6.45) is -6.62. The van der Waals surface area contributed by atoms with Gasteiger partial charge >= 0.3 is 5.97 Å². The first kappa shape index (κ1) is 15.9. The molecule has 116 valence electrons. The van der Waals surface area contributed by atoms with Crippen LogP contribution in [0.15, 0.2) is 30.3 Å². The van der Waals surface area contributed by atoms with E-state index in [1.165, 1.54) is 7.11 Å². The minimum absolute atomic E-state index is 0.00959. The van der Waals surface area contributed by atoms with Crippen molar-refractivity contribution < 1.29 is 34.3 Å². The summed E-state index contributed by atoms with van der Waals surface area (Å²) in [7, 11) is 1.40. The van der Waals surface area contributed by atoms with E-state index in [1.807, 2.05) is 0 Å². The van der Waals surface area contributed by atoms with Gasteiger partial charge in [0.15, 0.2) is 12.4 Å². The number of hydrogen-bond donors (Lipinski definition) is 3. The first-order valence-electron chi connectivity index (χ1n) is 6.49. The third kappa shape index (κ3) is 3.58. The number of hydrogen-bond acceptors (Lipinski definition) is 7. The summed E-state index contributed by atoms with van der Waals surface area (Å²) in [4.78, 5) is 12.0. The van der Waals surface area contributed by atoms with E-state index in [4.69, 9.17) is 14.2 Å². The van der Waals surface area contributed by atoms with E-state index in [2.05, 4.69) is 0 Å². The second-order valence-electron chi connectivity index (χ2n) is 4.74. The molecule has 0 spiro atoms. The Morgan fingerprint density at radius 3 is 2.48 bits per heavy atom. The molecule has 0 aromatic heterocycles. The number of ether oxygens (including phenoxy) is 3. The van der Waals surface area contributed by atoms with E-state index in [1.54, 1.807) is 30.3 Å². The predicted octanol–water partition coefficient (Wildman–Crippen LogP) is -0.703. The Morgan fingerprint density at radius 2 is 1.86 bits per heavy atom. The van der Waals surface area contributed by atoms with Gasteiger partial charge in [0.1, 0.15) is 18.3 Å².